The highest BCUT2D eigenvalue weighted by molar-refractivity contribution is 6.02. The van der Waals surface area contributed by atoms with Crippen molar-refractivity contribution in [1.29, 1.82) is 0 Å². The molecule has 0 aliphatic heterocycles. The first-order chi connectivity index (χ1) is 15.7. The van der Waals surface area contributed by atoms with Crippen LogP contribution in [0.15, 0.2) is 89.6 Å². The van der Waals surface area contributed by atoms with Gasteiger partial charge in [-0.3, -0.25) is 9.78 Å². The fourth-order valence-electron chi connectivity index (χ4n) is 2.97. The highest BCUT2D eigenvalue weighted by Crippen LogP contribution is 2.27. The summed E-state index contributed by atoms with van der Waals surface area (Å²) in [7, 11) is 1.58. The van der Waals surface area contributed by atoms with Gasteiger partial charge in [0.05, 0.1) is 7.11 Å². The maximum atomic E-state index is 12.6. The molecule has 162 valence electrons. The molecule has 7 nitrogen and oxygen atoms in total. The summed E-state index contributed by atoms with van der Waals surface area (Å²) in [6.45, 7) is 0.560. The topological polar surface area (TPSA) is 82.8 Å². The summed E-state index contributed by atoms with van der Waals surface area (Å²) in [4.78, 5) is 16.6. The second-order valence-corrected chi connectivity index (χ2v) is 6.84. The normalized spacial score (nSPS) is 10.4. The van der Waals surface area contributed by atoms with E-state index < -0.39 is 0 Å². The molecule has 7 heteroatoms. The smallest absolute Gasteiger partial charge is 0.291 e. The minimum absolute atomic E-state index is 0.172. The number of nitrogens with one attached hydrogen (secondary N) is 1. The van der Waals surface area contributed by atoms with E-state index in [1.54, 1.807) is 49.8 Å². The Bertz CT molecular complexity index is 1170. The number of rotatable bonds is 9. The molecule has 0 spiro atoms. The Kier molecular flexibility index (Phi) is 6.67. The molecule has 0 atom stereocenters. The molecule has 0 saturated carbocycles. The van der Waals surface area contributed by atoms with Crippen LogP contribution >= 0.6 is 0 Å². The van der Waals surface area contributed by atoms with Crippen LogP contribution in [0, 0.1) is 0 Å². The van der Waals surface area contributed by atoms with Gasteiger partial charge in [-0.2, -0.15) is 0 Å². The minimum atomic E-state index is -0.363. The zero-order chi connectivity index (χ0) is 22.2. The first-order valence-electron chi connectivity index (χ1n) is 9.99. The van der Waals surface area contributed by atoms with E-state index in [0.717, 1.165) is 5.56 Å². The standard InChI is InChI=1S/C25H22N2O5/c1-29-22-9-2-3-10-23(22)31-17-21-11-12-24(32-21)25(28)27-19-7-4-8-20(14-19)30-16-18-6-5-13-26-15-18/h2-15H,16-17H2,1H3,(H,27,28). The molecule has 0 saturated heterocycles. The van der Waals surface area contributed by atoms with Crippen LogP contribution in [0.4, 0.5) is 5.69 Å². The molecule has 0 bridgehead atoms. The van der Waals surface area contributed by atoms with E-state index in [1.165, 1.54) is 0 Å². The predicted molar refractivity (Wildman–Crippen MR) is 119 cm³/mol. The monoisotopic (exact) mass is 430 g/mol. The number of amides is 1. The Balaban J connectivity index is 1.34. The van der Waals surface area contributed by atoms with Gasteiger partial charge in [-0.15, -0.1) is 0 Å². The second-order valence-electron chi connectivity index (χ2n) is 6.84. The van der Waals surface area contributed by atoms with Crippen molar-refractivity contribution in [3.05, 3.63) is 102 Å². The third-order valence-corrected chi connectivity index (χ3v) is 4.54. The number of hydrogen-bond donors (Lipinski definition) is 1. The van der Waals surface area contributed by atoms with Crippen molar-refractivity contribution in [2.75, 3.05) is 12.4 Å². The number of nitrogens with zero attached hydrogens (tertiary/aromatic N) is 1. The van der Waals surface area contributed by atoms with Gasteiger partial charge >= 0.3 is 0 Å². The molecule has 4 rings (SSSR count). The molecule has 2 heterocycles. The number of ether oxygens (including phenoxy) is 3. The second kappa shape index (κ2) is 10.2. The number of furan rings is 1. The predicted octanol–water partition coefficient (Wildman–Crippen LogP) is 5.09. The van der Waals surface area contributed by atoms with E-state index in [2.05, 4.69) is 10.3 Å². The Morgan fingerprint density at radius 1 is 0.938 bits per heavy atom. The molecular formula is C25H22N2O5. The number of carbonyl (C=O) groups is 1. The number of anilines is 1. The van der Waals surface area contributed by atoms with Crippen molar-refractivity contribution < 1.29 is 23.4 Å². The molecule has 4 aromatic rings. The van der Waals surface area contributed by atoms with E-state index in [0.29, 0.717) is 35.3 Å². The highest BCUT2D eigenvalue weighted by Gasteiger charge is 2.13. The number of para-hydroxylation sites is 2. The van der Waals surface area contributed by atoms with Gasteiger partial charge in [-0.1, -0.05) is 24.3 Å². The first-order valence-corrected chi connectivity index (χ1v) is 9.99. The first kappa shape index (κ1) is 21.0. The summed E-state index contributed by atoms with van der Waals surface area (Å²) in [6.07, 6.45) is 3.46. The number of methoxy groups -OCH3 is 1. The number of pyridine rings is 1. The van der Waals surface area contributed by atoms with Crippen molar-refractivity contribution in [2.24, 2.45) is 0 Å². The van der Waals surface area contributed by atoms with Crippen molar-refractivity contribution in [3.8, 4) is 17.2 Å². The lowest BCUT2D eigenvalue weighted by Crippen LogP contribution is -2.11. The van der Waals surface area contributed by atoms with Crippen LogP contribution in [0.1, 0.15) is 21.9 Å². The molecule has 32 heavy (non-hydrogen) atoms. The Morgan fingerprint density at radius 2 is 1.81 bits per heavy atom. The maximum Gasteiger partial charge on any atom is 0.291 e. The van der Waals surface area contributed by atoms with Gasteiger partial charge in [0, 0.05) is 29.7 Å². The van der Waals surface area contributed by atoms with Gasteiger partial charge in [0.25, 0.3) is 5.91 Å². The van der Waals surface area contributed by atoms with Gasteiger partial charge in [-0.25, -0.2) is 0 Å². The van der Waals surface area contributed by atoms with Gasteiger partial charge in [-0.05, 0) is 42.5 Å². The van der Waals surface area contributed by atoms with Gasteiger partial charge in [0.1, 0.15) is 24.7 Å². The lowest BCUT2D eigenvalue weighted by atomic mass is 10.2. The number of hydrogen-bond acceptors (Lipinski definition) is 6. The third-order valence-electron chi connectivity index (χ3n) is 4.54. The summed E-state index contributed by atoms with van der Waals surface area (Å²) in [6, 6.07) is 21.6. The van der Waals surface area contributed by atoms with Gasteiger partial charge in [0.2, 0.25) is 0 Å². The molecule has 0 radical (unpaired) electrons. The Hall–Kier alpha value is -4.26. The summed E-state index contributed by atoms with van der Waals surface area (Å²) in [5.41, 5.74) is 1.56. The van der Waals surface area contributed by atoms with Crippen molar-refractivity contribution >= 4 is 11.6 Å². The van der Waals surface area contributed by atoms with Crippen molar-refractivity contribution in [1.82, 2.24) is 4.98 Å². The van der Waals surface area contributed by atoms with E-state index in [1.807, 2.05) is 42.5 Å². The minimum Gasteiger partial charge on any atom is -0.493 e. The fraction of sp³-hybridized carbons (Fsp3) is 0.120. The van der Waals surface area contributed by atoms with Crippen molar-refractivity contribution in [2.45, 2.75) is 13.2 Å². The molecule has 2 aromatic heterocycles. The van der Waals surface area contributed by atoms with E-state index in [-0.39, 0.29) is 18.3 Å². The third kappa shape index (κ3) is 5.46. The molecule has 0 unspecified atom stereocenters. The average molecular weight is 430 g/mol. The molecule has 1 N–H and O–H groups in total. The largest absolute Gasteiger partial charge is 0.493 e. The van der Waals surface area contributed by atoms with Gasteiger partial charge in [0.15, 0.2) is 17.3 Å². The fourth-order valence-corrected chi connectivity index (χ4v) is 2.97. The molecule has 2 aromatic carbocycles. The van der Waals surface area contributed by atoms with Crippen LogP contribution in [0.3, 0.4) is 0 Å². The summed E-state index contributed by atoms with van der Waals surface area (Å²) in [5.74, 6) is 2.21. The summed E-state index contributed by atoms with van der Waals surface area (Å²) >= 11 is 0. The van der Waals surface area contributed by atoms with E-state index in [4.69, 9.17) is 18.6 Å². The SMILES string of the molecule is COc1ccccc1OCc1ccc(C(=O)Nc2cccc(OCc3cccnc3)c2)o1. The average Bonchev–Trinajstić information content (AvgIpc) is 3.32. The van der Waals surface area contributed by atoms with Crippen LogP contribution in [0.5, 0.6) is 17.2 Å². The van der Waals surface area contributed by atoms with E-state index >= 15 is 0 Å². The zero-order valence-electron chi connectivity index (χ0n) is 17.5. The summed E-state index contributed by atoms with van der Waals surface area (Å²) < 4.78 is 22.4. The quantitative estimate of drug-likeness (QED) is 0.398. The molecule has 0 aliphatic carbocycles. The Labute approximate surface area is 185 Å². The highest BCUT2D eigenvalue weighted by atomic mass is 16.5. The van der Waals surface area contributed by atoms with Crippen LogP contribution in [-0.4, -0.2) is 18.0 Å². The van der Waals surface area contributed by atoms with Crippen LogP contribution < -0.4 is 19.5 Å². The summed E-state index contributed by atoms with van der Waals surface area (Å²) in [5, 5.41) is 2.82. The molecule has 0 aliphatic rings. The maximum absolute atomic E-state index is 12.6. The lowest BCUT2D eigenvalue weighted by molar-refractivity contribution is 0.0992. The number of carbonyl (C=O) groups excluding carboxylic acids is 1. The molecule has 1 amide bonds. The van der Waals surface area contributed by atoms with Gasteiger partial charge < -0.3 is 23.9 Å². The van der Waals surface area contributed by atoms with Crippen LogP contribution in [0.25, 0.3) is 0 Å². The molecular weight excluding hydrogens is 408 g/mol. The molecule has 0 fully saturated rings. The number of benzene rings is 2. The van der Waals surface area contributed by atoms with E-state index in [9.17, 15) is 4.79 Å². The van der Waals surface area contributed by atoms with Crippen LogP contribution in [-0.2, 0) is 13.2 Å². The Morgan fingerprint density at radius 3 is 2.62 bits per heavy atom. The van der Waals surface area contributed by atoms with Crippen LogP contribution in [0.2, 0.25) is 0 Å². The van der Waals surface area contributed by atoms with Crippen molar-refractivity contribution in [3.63, 3.8) is 0 Å². The lowest BCUT2D eigenvalue weighted by Gasteiger charge is -2.09. The zero-order valence-corrected chi connectivity index (χ0v) is 17.5. The number of aromatic nitrogens is 1.